The number of hydrogen-bond acceptors (Lipinski definition) is 4. The van der Waals surface area contributed by atoms with Gasteiger partial charge in [-0.05, 0) is 18.2 Å². The number of rotatable bonds is 3. The molecule has 2 aromatic rings. The fourth-order valence-corrected chi connectivity index (χ4v) is 2.35. The van der Waals surface area contributed by atoms with Crippen molar-refractivity contribution in [2.24, 2.45) is 7.05 Å². The molecule has 0 amide bonds. The van der Waals surface area contributed by atoms with Gasteiger partial charge in [-0.3, -0.25) is 0 Å². The van der Waals surface area contributed by atoms with E-state index in [4.69, 9.17) is 17.3 Å². The first kappa shape index (κ1) is 11.3. The van der Waals surface area contributed by atoms with Gasteiger partial charge >= 0.3 is 0 Å². The van der Waals surface area contributed by atoms with Gasteiger partial charge in [0.15, 0.2) is 0 Å². The van der Waals surface area contributed by atoms with Gasteiger partial charge in [0, 0.05) is 11.9 Å². The Balaban J connectivity index is 2.05. The van der Waals surface area contributed by atoms with E-state index in [9.17, 15) is 0 Å². The standard InChI is InChI=1S/C10H11ClN4S/c1-15-6-13-14-10(15)5-16-7-2-3-9(12)8(11)4-7/h2-4,6H,5,12H2,1H3. The first-order chi connectivity index (χ1) is 7.66. The molecule has 0 fully saturated rings. The van der Waals surface area contributed by atoms with Crippen LogP contribution in [0.3, 0.4) is 0 Å². The number of anilines is 1. The van der Waals surface area contributed by atoms with E-state index in [-0.39, 0.29) is 0 Å². The van der Waals surface area contributed by atoms with E-state index in [1.165, 1.54) is 0 Å². The van der Waals surface area contributed by atoms with Crippen molar-refractivity contribution >= 4 is 29.1 Å². The summed E-state index contributed by atoms with van der Waals surface area (Å²) in [6.07, 6.45) is 1.69. The minimum Gasteiger partial charge on any atom is -0.398 e. The zero-order valence-corrected chi connectivity index (χ0v) is 10.3. The summed E-state index contributed by atoms with van der Waals surface area (Å²) in [6, 6.07) is 5.61. The Kier molecular flexibility index (Phi) is 3.36. The maximum absolute atomic E-state index is 5.93. The zero-order chi connectivity index (χ0) is 11.5. The van der Waals surface area contributed by atoms with Gasteiger partial charge in [0.25, 0.3) is 0 Å². The molecule has 0 spiro atoms. The SMILES string of the molecule is Cn1cnnc1CSc1ccc(N)c(Cl)c1. The Bertz CT molecular complexity index is 497. The lowest BCUT2D eigenvalue weighted by Crippen LogP contribution is -1.94. The van der Waals surface area contributed by atoms with E-state index in [0.29, 0.717) is 10.7 Å². The Hall–Kier alpha value is -1.20. The predicted molar refractivity (Wildman–Crippen MR) is 66.4 cm³/mol. The third-order valence-electron chi connectivity index (χ3n) is 2.14. The lowest BCUT2D eigenvalue weighted by molar-refractivity contribution is 0.849. The highest BCUT2D eigenvalue weighted by molar-refractivity contribution is 7.98. The van der Waals surface area contributed by atoms with E-state index in [1.807, 2.05) is 23.7 Å². The molecular weight excluding hydrogens is 244 g/mol. The Morgan fingerprint density at radius 1 is 1.50 bits per heavy atom. The minimum atomic E-state index is 0.586. The molecule has 0 unspecified atom stereocenters. The maximum Gasteiger partial charge on any atom is 0.142 e. The van der Waals surface area contributed by atoms with E-state index < -0.39 is 0 Å². The molecule has 2 N–H and O–H groups in total. The molecule has 16 heavy (non-hydrogen) atoms. The smallest absolute Gasteiger partial charge is 0.142 e. The molecule has 0 aliphatic carbocycles. The molecular formula is C10H11ClN4S. The summed E-state index contributed by atoms with van der Waals surface area (Å²) in [6.45, 7) is 0. The van der Waals surface area contributed by atoms with Crippen LogP contribution in [0.5, 0.6) is 0 Å². The van der Waals surface area contributed by atoms with E-state index in [2.05, 4.69) is 10.2 Å². The van der Waals surface area contributed by atoms with Crippen molar-refractivity contribution in [1.82, 2.24) is 14.8 Å². The van der Waals surface area contributed by atoms with Crippen molar-refractivity contribution in [2.75, 3.05) is 5.73 Å². The number of aryl methyl sites for hydroxylation is 1. The second-order valence-corrected chi connectivity index (χ2v) is 4.79. The summed E-state index contributed by atoms with van der Waals surface area (Å²) in [5.74, 6) is 1.69. The van der Waals surface area contributed by atoms with Gasteiger partial charge in [0.1, 0.15) is 12.2 Å². The van der Waals surface area contributed by atoms with Gasteiger partial charge in [-0.1, -0.05) is 11.6 Å². The van der Waals surface area contributed by atoms with E-state index >= 15 is 0 Å². The van der Waals surface area contributed by atoms with Crippen LogP contribution in [0.15, 0.2) is 29.4 Å². The second kappa shape index (κ2) is 4.76. The summed E-state index contributed by atoms with van der Waals surface area (Å²) in [7, 11) is 1.92. The van der Waals surface area contributed by atoms with Gasteiger partial charge in [0.05, 0.1) is 16.5 Å². The number of hydrogen-bond donors (Lipinski definition) is 1. The van der Waals surface area contributed by atoms with Crippen LogP contribution >= 0.6 is 23.4 Å². The molecule has 0 radical (unpaired) electrons. The second-order valence-electron chi connectivity index (χ2n) is 3.33. The van der Waals surface area contributed by atoms with Crippen molar-refractivity contribution in [1.29, 1.82) is 0 Å². The van der Waals surface area contributed by atoms with Gasteiger partial charge < -0.3 is 10.3 Å². The number of thioether (sulfide) groups is 1. The van der Waals surface area contributed by atoms with Crippen LogP contribution in [-0.4, -0.2) is 14.8 Å². The average molecular weight is 255 g/mol. The molecule has 0 saturated carbocycles. The number of halogens is 1. The molecule has 1 aromatic heterocycles. The van der Waals surface area contributed by atoms with Crippen molar-refractivity contribution in [3.05, 3.63) is 35.4 Å². The highest BCUT2D eigenvalue weighted by atomic mass is 35.5. The fourth-order valence-electron chi connectivity index (χ4n) is 1.18. The first-order valence-corrected chi connectivity index (χ1v) is 6.04. The minimum absolute atomic E-state index is 0.586. The summed E-state index contributed by atoms with van der Waals surface area (Å²) in [5.41, 5.74) is 6.24. The molecule has 4 nitrogen and oxygen atoms in total. The fraction of sp³-hybridized carbons (Fsp3) is 0.200. The summed E-state index contributed by atoms with van der Waals surface area (Å²) < 4.78 is 1.89. The highest BCUT2D eigenvalue weighted by Crippen LogP contribution is 2.27. The van der Waals surface area contributed by atoms with E-state index in [1.54, 1.807) is 24.2 Å². The molecule has 0 aliphatic rings. The molecule has 2 rings (SSSR count). The molecule has 0 bridgehead atoms. The molecule has 6 heteroatoms. The number of nitrogen functional groups attached to an aromatic ring is 1. The van der Waals surface area contributed by atoms with Crippen LogP contribution in [0, 0.1) is 0 Å². The monoisotopic (exact) mass is 254 g/mol. The van der Waals surface area contributed by atoms with Gasteiger partial charge in [0.2, 0.25) is 0 Å². The quantitative estimate of drug-likeness (QED) is 0.675. The summed E-state index contributed by atoms with van der Waals surface area (Å²) >= 11 is 7.59. The van der Waals surface area contributed by atoms with Crippen LogP contribution in [0.4, 0.5) is 5.69 Å². The van der Waals surface area contributed by atoms with Gasteiger partial charge in [-0.2, -0.15) is 0 Å². The van der Waals surface area contributed by atoms with Crippen LogP contribution in [0.1, 0.15) is 5.82 Å². The molecule has 0 aliphatic heterocycles. The number of benzene rings is 1. The zero-order valence-electron chi connectivity index (χ0n) is 8.72. The van der Waals surface area contributed by atoms with E-state index in [0.717, 1.165) is 16.5 Å². The largest absolute Gasteiger partial charge is 0.398 e. The molecule has 1 heterocycles. The first-order valence-electron chi connectivity index (χ1n) is 4.67. The van der Waals surface area contributed by atoms with Crippen molar-refractivity contribution in [2.45, 2.75) is 10.6 Å². The summed E-state index contributed by atoms with van der Waals surface area (Å²) in [5, 5.41) is 8.41. The topological polar surface area (TPSA) is 56.7 Å². The molecule has 0 atom stereocenters. The number of aromatic nitrogens is 3. The maximum atomic E-state index is 5.93. The van der Waals surface area contributed by atoms with Gasteiger partial charge in [-0.25, -0.2) is 0 Å². The third kappa shape index (κ3) is 2.48. The Morgan fingerprint density at radius 2 is 2.31 bits per heavy atom. The summed E-state index contributed by atoms with van der Waals surface area (Å²) in [4.78, 5) is 1.07. The normalized spacial score (nSPS) is 10.6. The average Bonchev–Trinajstić information content (AvgIpc) is 2.66. The number of nitrogens with zero attached hydrogens (tertiary/aromatic N) is 3. The highest BCUT2D eigenvalue weighted by Gasteiger charge is 2.03. The lowest BCUT2D eigenvalue weighted by Gasteiger charge is -2.03. The third-order valence-corrected chi connectivity index (χ3v) is 3.46. The number of nitrogens with two attached hydrogens (primary N) is 1. The molecule has 0 saturated heterocycles. The lowest BCUT2D eigenvalue weighted by atomic mass is 10.3. The Labute approximate surface area is 103 Å². The molecule has 1 aromatic carbocycles. The predicted octanol–water partition coefficient (Wildman–Crippen LogP) is 2.34. The van der Waals surface area contributed by atoms with Crippen LogP contribution in [0.2, 0.25) is 5.02 Å². The van der Waals surface area contributed by atoms with Crippen LogP contribution in [0.25, 0.3) is 0 Å². The van der Waals surface area contributed by atoms with Gasteiger partial charge in [-0.15, -0.1) is 22.0 Å². The van der Waals surface area contributed by atoms with Crippen LogP contribution < -0.4 is 5.73 Å². The van der Waals surface area contributed by atoms with Crippen molar-refractivity contribution in [3.63, 3.8) is 0 Å². The van der Waals surface area contributed by atoms with Crippen molar-refractivity contribution in [3.8, 4) is 0 Å². The molecule has 84 valence electrons. The van der Waals surface area contributed by atoms with Crippen LogP contribution in [-0.2, 0) is 12.8 Å². The van der Waals surface area contributed by atoms with Crippen molar-refractivity contribution < 1.29 is 0 Å². The Morgan fingerprint density at radius 3 is 2.94 bits per heavy atom.